The van der Waals surface area contributed by atoms with Crippen molar-refractivity contribution < 1.29 is 23.9 Å². The molecule has 202 valence electrons. The van der Waals surface area contributed by atoms with Gasteiger partial charge in [-0.15, -0.1) is 0 Å². The zero-order valence-electron chi connectivity index (χ0n) is 21.5. The highest BCUT2D eigenvalue weighted by Crippen LogP contribution is 2.37. The molecule has 1 saturated heterocycles. The molecule has 1 aliphatic rings. The van der Waals surface area contributed by atoms with Crippen LogP contribution in [0.1, 0.15) is 29.2 Å². The number of thioether (sulfide) groups is 1. The van der Waals surface area contributed by atoms with E-state index in [2.05, 4.69) is 5.32 Å². The van der Waals surface area contributed by atoms with Crippen LogP contribution in [0.25, 0.3) is 6.08 Å². The smallest absolute Gasteiger partial charge is 0.293 e. The number of hydrogen-bond donors (Lipinski definition) is 1. The highest BCUT2D eigenvalue weighted by Gasteiger charge is 2.35. The topological polar surface area (TPSA) is 84.9 Å². The van der Waals surface area contributed by atoms with Gasteiger partial charge in [0.05, 0.1) is 18.1 Å². The summed E-state index contributed by atoms with van der Waals surface area (Å²) in [4.78, 5) is 39.4. The molecule has 1 N–H and O–H groups in total. The fourth-order valence-electron chi connectivity index (χ4n) is 3.79. The van der Waals surface area contributed by atoms with Gasteiger partial charge in [0.15, 0.2) is 18.1 Å². The van der Waals surface area contributed by atoms with E-state index in [9.17, 15) is 14.4 Å². The van der Waals surface area contributed by atoms with E-state index in [4.69, 9.17) is 32.7 Å². The molecule has 0 spiro atoms. The van der Waals surface area contributed by atoms with Crippen LogP contribution < -0.4 is 14.8 Å². The molecule has 1 heterocycles. The zero-order valence-corrected chi connectivity index (χ0v) is 23.9. The molecule has 0 radical (unpaired) electrons. The molecule has 1 fully saturated rings. The average Bonchev–Trinajstić information content (AvgIpc) is 3.15. The van der Waals surface area contributed by atoms with Gasteiger partial charge >= 0.3 is 0 Å². The SMILES string of the molecule is CCOc1cc(/C=C2\SC(=O)N(Cc3c(Cl)cccc3Cl)C2=O)ccc1OCC(=O)Nc1ccc(C)c(C)c1. The van der Waals surface area contributed by atoms with Crippen LogP contribution in [0.4, 0.5) is 10.5 Å². The second-order valence-electron chi connectivity index (χ2n) is 8.74. The third-order valence-electron chi connectivity index (χ3n) is 5.97. The molecule has 0 saturated carbocycles. The van der Waals surface area contributed by atoms with Crippen molar-refractivity contribution in [1.29, 1.82) is 0 Å². The minimum absolute atomic E-state index is 0.0261. The molecule has 39 heavy (non-hydrogen) atoms. The molecule has 0 aliphatic carbocycles. The van der Waals surface area contributed by atoms with Crippen molar-refractivity contribution >= 4 is 63.8 Å². The minimum atomic E-state index is -0.442. The summed E-state index contributed by atoms with van der Waals surface area (Å²) in [5.41, 5.74) is 4.05. The van der Waals surface area contributed by atoms with E-state index in [1.807, 2.05) is 39.0 Å². The zero-order chi connectivity index (χ0) is 28.1. The lowest BCUT2D eigenvalue weighted by molar-refractivity contribution is -0.123. The van der Waals surface area contributed by atoms with Gasteiger partial charge in [-0.05, 0) is 91.7 Å². The molecular formula is C29H26Cl2N2O5S. The van der Waals surface area contributed by atoms with Gasteiger partial charge in [0.1, 0.15) is 0 Å². The fourth-order valence-corrected chi connectivity index (χ4v) is 5.15. The molecule has 10 heteroatoms. The maximum absolute atomic E-state index is 13.0. The summed E-state index contributed by atoms with van der Waals surface area (Å²) in [5, 5.41) is 3.17. The van der Waals surface area contributed by atoms with Crippen LogP contribution in [-0.4, -0.2) is 35.2 Å². The number of carbonyl (C=O) groups excluding carboxylic acids is 3. The van der Waals surface area contributed by atoms with Crippen LogP contribution in [0.5, 0.6) is 11.5 Å². The molecule has 3 amide bonds. The Morgan fingerprint density at radius 1 is 0.974 bits per heavy atom. The van der Waals surface area contributed by atoms with E-state index >= 15 is 0 Å². The van der Waals surface area contributed by atoms with Crippen LogP contribution in [0.15, 0.2) is 59.5 Å². The van der Waals surface area contributed by atoms with Crippen LogP contribution in [0.3, 0.4) is 0 Å². The van der Waals surface area contributed by atoms with Crippen molar-refractivity contribution in [3.05, 3.63) is 91.8 Å². The molecule has 0 aromatic heterocycles. The van der Waals surface area contributed by atoms with Crippen LogP contribution in [-0.2, 0) is 16.1 Å². The van der Waals surface area contributed by atoms with Gasteiger partial charge in [0.25, 0.3) is 17.1 Å². The lowest BCUT2D eigenvalue weighted by Crippen LogP contribution is -2.27. The fraction of sp³-hybridized carbons (Fsp3) is 0.207. The Hall–Kier alpha value is -3.46. The number of nitrogens with one attached hydrogen (secondary N) is 1. The number of nitrogens with zero attached hydrogens (tertiary/aromatic N) is 1. The summed E-state index contributed by atoms with van der Waals surface area (Å²) in [5.74, 6) is 0.0392. The van der Waals surface area contributed by atoms with Crippen molar-refractivity contribution in [2.24, 2.45) is 0 Å². The van der Waals surface area contributed by atoms with E-state index < -0.39 is 11.1 Å². The number of aryl methyl sites for hydroxylation is 2. The summed E-state index contributed by atoms with van der Waals surface area (Å²) in [6, 6.07) is 15.8. The number of anilines is 1. The van der Waals surface area contributed by atoms with Gasteiger partial charge in [0, 0.05) is 21.3 Å². The molecule has 3 aromatic carbocycles. The summed E-state index contributed by atoms with van der Waals surface area (Å²) in [6.45, 7) is 5.94. The molecule has 0 atom stereocenters. The Morgan fingerprint density at radius 3 is 2.41 bits per heavy atom. The van der Waals surface area contributed by atoms with Crippen molar-refractivity contribution in [2.75, 3.05) is 18.5 Å². The van der Waals surface area contributed by atoms with Gasteiger partial charge in [-0.25, -0.2) is 0 Å². The Bertz CT molecular complexity index is 1450. The standard InChI is InChI=1S/C29H26Cl2N2O5S/c1-4-37-25-13-19(9-11-24(25)38-16-27(34)32-20-10-8-17(2)18(3)12-20)14-26-28(35)33(29(36)39-26)15-21-22(30)6-5-7-23(21)31/h5-14H,4,15-16H2,1-3H3,(H,32,34)/b26-14-. The number of benzene rings is 3. The molecule has 1 aliphatic heterocycles. The highest BCUT2D eigenvalue weighted by atomic mass is 35.5. The molecule has 0 unspecified atom stereocenters. The summed E-state index contributed by atoms with van der Waals surface area (Å²) >= 11 is 13.3. The molecule has 7 nitrogen and oxygen atoms in total. The lowest BCUT2D eigenvalue weighted by Gasteiger charge is -2.15. The van der Waals surface area contributed by atoms with Crippen LogP contribution in [0, 0.1) is 13.8 Å². The van der Waals surface area contributed by atoms with Crippen molar-refractivity contribution in [3.63, 3.8) is 0 Å². The Labute approximate surface area is 241 Å². The van der Waals surface area contributed by atoms with Gasteiger partial charge < -0.3 is 14.8 Å². The number of carbonyl (C=O) groups is 3. The number of amides is 3. The molecular weight excluding hydrogens is 559 g/mol. The number of rotatable bonds is 9. The first kappa shape index (κ1) is 28.5. The first-order valence-electron chi connectivity index (χ1n) is 12.1. The highest BCUT2D eigenvalue weighted by molar-refractivity contribution is 8.18. The van der Waals surface area contributed by atoms with E-state index in [0.29, 0.717) is 45.0 Å². The normalized spacial score (nSPS) is 14.2. The number of imide groups is 1. The van der Waals surface area contributed by atoms with E-state index in [1.165, 1.54) is 0 Å². The molecule has 3 aromatic rings. The molecule has 0 bridgehead atoms. The van der Waals surface area contributed by atoms with E-state index in [0.717, 1.165) is 27.8 Å². The number of ether oxygens (including phenoxy) is 2. The van der Waals surface area contributed by atoms with Crippen molar-refractivity contribution in [2.45, 2.75) is 27.3 Å². The maximum Gasteiger partial charge on any atom is 0.293 e. The average molecular weight is 586 g/mol. The van der Waals surface area contributed by atoms with E-state index in [-0.39, 0.29) is 24.0 Å². The predicted octanol–water partition coefficient (Wildman–Crippen LogP) is 7.26. The summed E-state index contributed by atoms with van der Waals surface area (Å²) < 4.78 is 11.4. The monoisotopic (exact) mass is 584 g/mol. The largest absolute Gasteiger partial charge is 0.490 e. The van der Waals surface area contributed by atoms with Crippen molar-refractivity contribution in [1.82, 2.24) is 4.90 Å². The van der Waals surface area contributed by atoms with Gasteiger partial charge in [0.2, 0.25) is 0 Å². The summed E-state index contributed by atoms with van der Waals surface area (Å²) in [6.07, 6.45) is 1.61. The van der Waals surface area contributed by atoms with Crippen molar-refractivity contribution in [3.8, 4) is 11.5 Å². The van der Waals surface area contributed by atoms with Gasteiger partial charge in [-0.1, -0.05) is 41.4 Å². The maximum atomic E-state index is 13.0. The Kier molecular flexibility index (Phi) is 9.22. The van der Waals surface area contributed by atoms with Crippen LogP contribution in [0.2, 0.25) is 10.0 Å². The second-order valence-corrected chi connectivity index (χ2v) is 10.6. The minimum Gasteiger partial charge on any atom is -0.490 e. The third kappa shape index (κ3) is 6.95. The summed E-state index contributed by atoms with van der Waals surface area (Å²) in [7, 11) is 0. The number of hydrogen-bond acceptors (Lipinski definition) is 6. The second kappa shape index (κ2) is 12.6. The first-order chi connectivity index (χ1) is 18.7. The lowest BCUT2D eigenvalue weighted by atomic mass is 10.1. The quantitative estimate of drug-likeness (QED) is 0.266. The third-order valence-corrected chi connectivity index (χ3v) is 7.58. The molecule has 4 rings (SSSR count). The first-order valence-corrected chi connectivity index (χ1v) is 13.7. The Balaban J connectivity index is 1.46. The predicted molar refractivity (Wildman–Crippen MR) is 156 cm³/mol. The van der Waals surface area contributed by atoms with E-state index in [1.54, 1.807) is 42.5 Å². The Morgan fingerprint density at radius 2 is 1.72 bits per heavy atom. The van der Waals surface area contributed by atoms with Crippen LogP contribution >= 0.6 is 35.0 Å². The van der Waals surface area contributed by atoms with Gasteiger partial charge in [-0.2, -0.15) is 0 Å². The van der Waals surface area contributed by atoms with Gasteiger partial charge in [-0.3, -0.25) is 19.3 Å². The number of halogens is 2.